The quantitative estimate of drug-likeness (QED) is 0.287. The standard InChI is InChI=1S/C34H37FN6O4/c1-43-20-45-25-12-21-6-2-3-7-26(21)27(15-25)30-29(35)31-28(16-36-30)32(40-17-22-13-24(42)14-23(18-40)37-22)39-33(38-31)44-19-34-8-4-10-41(34)11-5-9-34/h2-3,6-7,12,15-16,22-23,37H,4-5,8-11,13-14,17-20H2,1H3. The van der Waals surface area contributed by atoms with E-state index in [2.05, 4.69) is 20.1 Å². The van der Waals surface area contributed by atoms with Gasteiger partial charge in [0.2, 0.25) is 0 Å². The molecule has 10 nitrogen and oxygen atoms in total. The molecular formula is C34H37FN6O4. The lowest BCUT2D eigenvalue weighted by atomic mass is 9.93. The molecule has 0 saturated carbocycles. The number of nitrogens with one attached hydrogen (secondary N) is 1. The van der Waals surface area contributed by atoms with Crippen molar-refractivity contribution in [3.8, 4) is 23.0 Å². The van der Waals surface area contributed by atoms with Crippen molar-refractivity contribution in [1.82, 2.24) is 25.2 Å². The first-order valence-corrected chi connectivity index (χ1v) is 15.9. The zero-order valence-corrected chi connectivity index (χ0v) is 25.4. The summed E-state index contributed by atoms with van der Waals surface area (Å²) in [5.74, 6) is 0.881. The normalized spacial score (nSPS) is 22.7. The van der Waals surface area contributed by atoms with Crippen LogP contribution in [0.15, 0.2) is 42.6 Å². The number of benzene rings is 2. The van der Waals surface area contributed by atoms with Gasteiger partial charge in [0.05, 0.1) is 10.9 Å². The largest absolute Gasteiger partial charge is 0.468 e. The Morgan fingerprint density at radius 3 is 2.58 bits per heavy atom. The van der Waals surface area contributed by atoms with E-state index in [1.807, 2.05) is 30.3 Å². The Hall–Kier alpha value is -3.93. The maximum atomic E-state index is 16.9. The topological polar surface area (TPSA) is 102 Å². The molecule has 2 atom stereocenters. The number of anilines is 1. The molecule has 4 saturated heterocycles. The zero-order valence-electron chi connectivity index (χ0n) is 25.4. The van der Waals surface area contributed by atoms with E-state index in [9.17, 15) is 4.79 Å². The molecular weight excluding hydrogens is 575 g/mol. The molecule has 4 aliphatic heterocycles. The third-order valence-electron chi connectivity index (χ3n) is 9.96. The molecule has 0 amide bonds. The maximum Gasteiger partial charge on any atom is 0.319 e. The van der Waals surface area contributed by atoms with Crippen LogP contribution in [0.25, 0.3) is 32.9 Å². The average molecular weight is 613 g/mol. The molecule has 6 heterocycles. The Kier molecular flexibility index (Phi) is 7.26. The molecule has 0 spiro atoms. The molecule has 4 fully saturated rings. The van der Waals surface area contributed by atoms with Crippen molar-refractivity contribution in [3.05, 3.63) is 48.4 Å². The van der Waals surface area contributed by atoms with Gasteiger partial charge in [-0.05, 0) is 61.7 Å². The van der Waals surface area contributed by atoms with Gasteiger partial charge >= 0.3 is 6.01 Å². The fourth-order valence-corrected chi connectivity index (χ4v) is 7.96. The summed E-state index contributed by atoms with van der Waals surface area (Å²) in [6.07, 6.45) is 7.09. The van der Waals surface area contributed by atoms with Gasteiger partial charge in [-0.25, -0.2) is 4.39 Å². The van der Waals surface area contributed by atoms with Crippen LogP contribution >= 0.6 is 0 Å². The number of halogens is 1. The number of ketones is 1. The molecule has 4 aromatic rings. The van der Waals surface area contributed by atoms with E-state index in [-0.39, 0.29) is 47.4 Å². The number of hydrogen-bond acceptors (Lipinski definition) is 10. The number of carbonyl (C=O) groups excluding carboxylic acids is 1. The van der Waals surface area contributed by atoms with Crippen LogP contribution in [-0.4, -0.2) is 89.9 Å². The van der Waals surface area contributed by atoms with Gasteiger partial charge in [-0.15, -0.1) is 0 Å². The minimum absolute atomic E-state index is 0.00554. The van der Waals surface area contributed by atoms with Gasteiger partial charge in [0.1, 0.15) is 35.2 Å². The second kappa shape index (κ2) is 11.5. The molecule has 234 valence electrons. The highest BCUT2D eigenvalue weighted by Crippen LogP contribution is 2.40. The molecule has 11 heteroatoms. The van der Waals surface area contributed by atoms with Gasteiger partial charge in [-0.3, -0.25) is 14.7 Å². The minimum atomic E-state index is -0.540. The number of piperazine rings is 1. The predicted molar refractivity (Wildman–Crippen MR) is 168 cm³/mol. The Balaban J connectivity index is 1.24. The van der Waals surface area contributed by atoms with Gasteiger partial charge < -0.3 is 24.4 Å². The number of rotatable bonds is 8. The maximum absolute atomic E-state index is 16.9. The van der Waals surface area contributed by atoms with Crippen molar-refractivity contribution in [1.29, 1.82) is 0 Å². The number of piperidine rings is 1. The van der Waals surface area contributed by atoms with E-state index in [0.29, 0.717) is 55.1 Å². The van der Waals surface area contributed by atoms with Crippen molar-refractivity contribution in [2.45, 2.75) is 56.1 Å². The summed E-state index contributed by atoms with van der Waals surface area (Å²) in [7, 11) is 1.56. The number of nitrogens with zero attached hydrogens (tertiary/aromatic N) is 5. The van der Waals surface area contributed by atoms with Crippen molar-refractivity contribution < 1.29 is 23.4 Å². The molecule has 45 heavy (non-hydrogen) atoms. The van der Waals surface area contributed by atoms with Gasteiger partial charge in [0.15, 0.2) is 12.6 Å². The number of methoxy groups -OCH3 is 1. The van der Waals surface area contributed by atoms with Crippen LogP contribution < -0.4 is 19.7 Å². The van der Waals surface area contributed by atoms with E-state index < -0.39 is 5.82 Å². The lowest BCUT2D eigenvalue weighted by molar-refractivity contribution is -0.121. The highest BCUT2D eigenvalue weighted by Gasteiger charge is 2.45. The molecule has 2 bridgehead atoms. The number of aromatic nitrogens is 3. The van der Waals surface area contributed by atoms with Crippen molar-refractivity contribution in [2.75, 3.05) is 51.6 Å². The summed E-state index contributed by atoms with van der Waals surface area (Å²) in [6.45, 7) is 3.87. The molecule has 0 aliphatic carbocycles. The van der Waals surface area contributed by atoms with Crippen LogP contribution in [0.1, 0.15) is 38.5 Å². The van der Waals surface area contributed by atoms with E-state index in [0.717, 1.165) is 49.5 Å². The van der Waals surface area contributed by atoms with Crippen LogP contribution in [-0.2, 0) is 9.53 Å². The first-order valence-electron chi connectivity index (χ1n) is 15.9. The van der Waals surface area contributed by atoms with Gasteiger partial charge in [0, 0.05) is 56.9 Å². The number of fused-ring (bicyclic) bond motifs is 5. The Labute approximate surface area is 260 Å². The Bertz CT molecular complexity index is 1760. The number of carbonyl (C=O) groups is 1. The van der Waals surface area contributed by atoms with Gasteiger partial charge in [0.25, 0.3) is 0 Å². The van der Waals surface area contributed by atoms with Crippen LogP contribution in [0.5, 0.6) is 11.8 Å². The second-order valence-corrected chi connectivity index (χ2v) is 12.9. The van der Waals surface area contributed by atoms with Crippen molar-refractivity contribution >= 4 is 33.3 Å². The third kappa shape index (κ3) is 5.16. The molecule has 1 N–H and O–H groups in total. The van der Waals surface area contributed by atoms with Crippen molar-refractivity contribution in [2.24, 2.45) is 0 Å². The SMILES string of the molecule is COCOc1cc(-c2ncc3c(N4CC5CC(=O)CC(C4)N5)nc(OCC45CCCN4CCC5)nc3c2F)c2ccccc2c1. The fourth-order valence-electron chi connectivity index (χ4n) is 7.96. The van der Waals surface area contributed by atoms with E-state index >= 15 is 4.39 Å². The second-order valence-electron chi connectivity index (χ2n) is 12.9. The van der Waals surface area contributed by atoms with Crippen LogP contribution in [0.3, 0.4) is 0 Å². The highest BCUT2D eigenvalue weighted by atomic mass is 19.1. The van der Waals surface area contributed by atoms with Crippen LogP contribution in [0, 0.1) is 5.82 Å². The van der Waals surface area contributed by atoms with Crippen LogP contribution in [0.4, 0.5) is 10.2 Å². The monoisotopic (exact) mass is 612 g/mol. The van der Waals surface area contributed by atoms with Gasteiger partial charge in [-0.2, -0.15) is 9.97 Å². The molecule has 0 radical (unpaired) electrons. The minimum Gasteiger partial charge on any atom is -0.468 e. The zero-order chi connectivity index (χ0) is 30.5. The summed E-state index contributed by atoms with van der Waals surface area (Å²) in [5, 5.41) is 5.82. The average Bonchev–Trinajstić information content (AvgIpc) is 3.63. The summed E-state index contributed by atoms with van der Waals surface area (Å²) in [6, 6.07) is 11.7. The van der Waals surface area contributed by atoms with E-state index in [1.54, 1.807) is 19.4 Å². The lowest BCUT2D eigenvalue weighted by Crippen LogP contribution is -2.60. The number of pyridine rings is 1. The third-order valence-corrected chi connectivity index (χ3v) is 9.96. The Morgan fingerprint density at radius 1 is 1.02 bits per heavy atom. The molecule has 8 rings (SSSR count). The lowest BCUT2D eigenvalue weighted by Gasteiger charge is -2.42. The number of ether oxygens (including phenoxy) is 3. The van der Waals surface area contributed by atoms with Gasteiger partial charge in [-0.1, -0.05) is 24.3 Å². The van der Waals surface area contributed by atoms with E-state index in [4.69, 9.17) is 24.2 Å². The first kappa shape index (κ1) is 28.5. The highest BCUT2D eigenvalue weighted by molar-refractivity contribution is 6.00. The van der Waals surface area contributed by atoms with Crippen LogP contribution in [0.2, 0.25) is 0 Å². The first-order chi connectivity index (χ1) is 22.0. The summed E-state index contributed by atoms with van der Waals surface area (Å²) in [5.41, 5.74) is 0.937. The summed E-state index contributed by atoms with van der Waals surface area (Å²) < 4.78 is 34.2. The summed E-state index contributed by atoms with van der Waals surface area (Å²) >= 11 is 0. The number of Topliss-reactive ketones (excluding diaryl/α,β-unsaturated/α-hetero) is 1. The van der Waals surface area contributed by atoms with E-state index in [1.165, 1.54) is 0 Å². The van der Waals surface area contributed by atoms with Crippen molar-refractivity contribution in [3.63, 3.8) is 0 Å². The smallest absolute Gasteiger partial charge is 0.319 e. The fraction of sp³-hybridized carbons (Fsp3) is 0.471. The molecule has 2 aromatic carbocycles. The predicted octanol–water partition coefficient (Wildman–Crippen LogP) is 4.48. The molecule has 4 aliphatic rings. The Morgan fingerprint density at radius 2 is 1.80 bits per heavy atom. The summed E-state index contributed by atoms with van der Waals surface area (Å²) in [4.78, 5) is 31.3. The molecule has 2 aromatic heterocycles. The molecule has 2 unspecified atom stereocenters. The number of hydrogen-bond donors (Lipinski definition) is 1.